The summed E-state index contributed by atoms with van der Waals surface area (Å²) in [6.07, 6.45) is 26.3. The molecule has 202 valence electrons. The van der Waals surface area contributed by atoms with E-state index in [0.29, 0.717) is 0 Å². The zero-order chi connectivity index (χ0) is 24.5. The summed E-state index contributed by atoms with van der Waals surface area (Å²) in [6.45, 7) is 4.87. The van der Waals surface area contributed by atoms with Crippen molar-refractivity contribution in [2.24, 2.45) is 0 Å². The molecule has 0 heterocycles. The quantitative estimate of drug-likeness (QED) is 0.391. The number of rotatable bonds is 6. The Kier molecular flexibility index (Phi) is 10.8. The van der Waals surface area contributed by atoms with Gasteiger partial charge in [-0.25, -0.2) is 0 Å². The average Bonchev–Trinajstić information content (AvgIpc) is 3.60. The fourth-order valence-corrected chi connectivity index (χ4v) is 13.4. The summed E-state index contributed by atoms with van der Waals surface area (Å²) in [7, 11) is 0. The van der Waals surface area contributed by atoms with Gasteiger partial charge in [0.25, 0.3) is 0 Å². The molecule has 0 nitrogen and oxygen atoms in total. The summed E-state index contributed by atoms with van der Waals surface area (Å²) in [5.41, 5.74) is 9.90. The summed E-state index contributed by atoms with van der Waals surface area (Å²) in [5, 5.41) is 0. The molecule has 3 heteroatoms. The van der Waals surface area contributed by atoms with Crippen LogP contribution in [0.15, 0.2) is 52.4 Å². The van der Waals surface area contributed by atoms with Gasteiger partial charge in [-0.1, -0.05) is 0 Å². The Balaban J connectivity index is 0.00000168. The van der Waals surface area contributed by atoms with Crippen LogP contribution in [-0.2, 0) is 23.8 Å². The van der Waals surface area contributed by atoms with Gasteiger partial charge in [-0.2, -0.15) is 0 Å². The summed E-state index contributed by atoms with van der Waals surface area (Å²) in [6, 6.07) is 12.8. The molecule has 0 amide bonds. The van der Waals surface area contributed by atoms with Crippen LogP contribution in [0.5, 0.6) is 0 Å². The Hall–Kier alpha value is -0.916. The number of hydrogen-bond acceptors (Lipinski definition) is 0. The Labute approximate surface area is 249 Å². The van der Waals surface area contributed by atoms with Crippen LogP contribution in [0.1, 0.15) is 131 Å². The van der Waals surface area contributed by atoms with E-state index in [1.807, 2.05) is 7.68 Å². The SMILES string of the molecule is CC[C](CC)=[Ti+2]([C]1=CC=CC1)[c]1c(C2CCCCC2)ccc2c1Cc1cc(C3CCCCC3)ccc1-2.[Cl-].[Cl-]. The predicted molar refractivity (Wildman–Crippen MR) is 153 cm³/mol. The van der Waals surface area contributed by atoms with Gasteiger partial charge in [-0.3, -0.25) is 0 Å². The minimum atomic E-state index is -1.74. The molecule has 2 fully saturated rings. The second-order valence-electron chi connectivity index (χ2n) is 11.8. The molecule has 4 aliphatic carbocycles. The van der Waals surface area contributed by atoms with Crippen molar-refractivity contribution in [1.29, 1.82) is 0 Å². The Morgan fingerprint density at radius 3 is 2.08 bits per heavy atom. The molecule has 2 saturated carbocycles. The maximum Gasteiger partial charge on any atom is -1.00 e. The van der Waals surface area contributed by atoms with E-state index < -0.39 is 17.4 Å². The molecule has 0 saturated heterocycles. The Morgan fingerprint density at radius 2 is 1.45 bits per heavy atom. The molecule has 4 aliphatic rings. The number of halogens is 2. The molecule has 0 N–H and O–H groups in total. The zero-order valence-corrected chi connectivity index (χ0v) is 26.5. The largest absolute Gasteiger partial charge is 1.00 e. The van der Waals surface area contributed by atoms with E-state index >= 15 is 0 Å². The predicted octanol–water partition coefficient (Wildman–Crippen LogP) is 3.44. The van der Waals surface area contributed by atoms with Gasteiger partial charge in [0.05, 0.1) is 0 Å². The fraction of sp³-hybridized carbons (Fsp3) is 0.514. The first kappa shape index (κ1) is 30.1. The van der Waals surface area contributed by atoms with Crippen LogP contribution in [0, 0.1) is 0 Å². The van der Waals surface area contributed by atoms with E-state index in [4.69, 9.17) is 0 Å². The molecule has 0 atom stereocenters. The van der Waals surface area contributed by atoms with Crippen molar-refractivity contribution in [1.82, 2.24) is 0 Å². The van der Waals surface area contributed by atoms with Crippen molar-refractivity contribution in [2.75, 3.05) is 0 Å². The van der Waals surface area contributed by atoms with Crippen molar-refractivity contribution in [3.05, 3.63) is 74.7 Å². The van der Waals surface area contributed by atoms with Gasteiger partial charge >= 0.3 is 226 Å². The second-order valence-corrected chi connectivity index (χ2v) is 15.9. The Bertz CT molecular complexity index is 1220. The van der Waals surface area contributed by atoms with Gasteiger partial charge in [-0.05, 0) is 0 Å². The second kappa shape index (κ2) is 13.6. The average molecular weight is 584 g/mol. The van der Waals surface area contributed by atoms with E-state index in [9.17, 15) is 0 Å². The first-order valence-electron chi connectivity index (χ1n) is 15.2. The molecule has 0 radical (unpaired) electrons. The van der Waals surface area contributed by atoms with Crippen LogP contribution < -0.4 is 28.7 Å². The molecule has 0 unspecified atom stereocenters. The van der Waals surface area contributed by atoms with Crippen LogP contribution in [0.2, 0.25) is 0 Å². The molecule has 0 spiro atoms. The minimum absolute atomic E-state index is 0. The van der Waals surface area contributed by atoms with Gasteiger partial charge < -0.3 is 24.8 Å². The number of allylic oxidation sites excluding steroid dienone is 4. The van der Waals surface area contributed by atoms with Crippen LogP contribution >= 0.6 is 0 Å². The summed E-state index contributed by atoms with van der Waals surface area (Å²) in [4.78, 5) is 0. The monoisotopic (exact) mass is 582 g/mol. The normalized spacial score (nSPS) is 18.5. The third kappa shape index (κ3) is 5.76. The third-order valence-electron chi connectivity index (χ3n) is 9.80. The molecule has 2 aromatic rings. The van der Waals surface area contributed by atoms with Crippen molar-refractivity contribution in [2.45, 2.75) is 116 Å². The van der Waals surface area contributed by atoms with Gasteiger partial charge in [0.1, 0.15) is 0 Å². The minimum Gasteiger partial charge on any atom is -1.00 e. The zero-order valence-electron chi connectivity index (χ0n) is 23.4. The van der Waals surface area contributed by atoms with E-state index in [1.54, 1.807) is 37.3 Å². The molecule has 2 aromatic carbocycles. The van der Waals surface area contributed by atoms with Crippen LogP contribution in [0.3, 0.4) is 0 Å². The summed E-state index contributed by atoms with van der Waals surface area (Å²) < 4.78 is 5.59. The third-order valence-corrected chi connectivity index (χ3v) is 15.3. The number of benzene rings is 2. The molecule has 0 aliphatic heterocycles. The first-order valence-corrected chi connectivity index (χ1v) is 17.5. The number of hydrogen-bond donors (Lipinski definition) is 0. The van der Waals surface area contributed by atoms with Crippen molar-refractivity contribution in [3.8, 4) is 11.1 Å². The molecular weight excluding hydrogens is 539 g/mol. The van der Waals surface area contributed by atoms with Gasteiger partial charge in [-0.15, -0.1) is 0 Å². The van der Waals surface area contributed by atoms with E-state index in [0.717, 1.165) is 11.8 Å². The maximum absolute atomic E-state index is 2.63. The molecule has 6 rings (SSSR count). The van der Waals surface area contributed by atoms with Crippen LogP contribution in [-0.4, -0.2) is 3.81 Å². The van der Waals surface area contributed by atoms with E-state index in [-0.39, 0.29) is 24.8 Å². The topological polar surface area (TPSA) is 0 Å². The van der Waals surface area contributed by atoms with Crippen molar-refractivity contribution in [3.63, 3.8) is 0 Å². The molecular formula is C35H44Cl2Ti. The molecule has 0 aromatic heterocycles. The van der Waals surface area contributed by atoms with Gasteiger partial charge in [0.2, 0.25) is 0 Å². The van der Waals surface area contributed by atoms with Crippen molar-refractivity contribution < 1.29 is 42.2 Å². The summed E-state index contributed by atoms with van der Waals surface area (Å²) in [5.74, 6) is 1.58. The number of fused-ring (bicyclic) bond motifs is 3. The van der Waals surface area contributed by atoms with E-state index in [1.165, 1.54) is 89.9 Å². The van der Waals surface area contributed by atoms with E-state index in [2.05, 4.69) is 62.4 Å². The molecule has 0 bridgehead atoms. The summed E-state index contributed by atoms with van der Waals surface area (Å²) >= 11 is -1.74. The molecule has 38 heavy (non-hydrogen) atoms. The van der Waals surface area contributed by atoms with Crippen LogP contribution in [0.25, 0.3) is 11.1 Å². The maximum atomic E-state index is 2.63. The Morgan fingerprint density at radius 1 is 0.789 bits per heavy atom. The van der Waals surface area contributed by atoms with Crippen molar-refractivity contribution >= 4 is 7.68 Å². The standard InChI is InChI=1S/C25H29.C5H5.C5H10.2ClH.Ti/c1-3-7-18(8-4-1)20-11-13-24-22(15-20)17-23-16-21(12-14-25(23)24)19-9-5-2-6-10-19;1-2-4-5-3-1;1-3-5-4-2;;;/h11-15,18-19H,1-10,17H2;1-3H,4H2;3-4H2,1-2H3;2*1H;/q;;;;;+2/p-2. The first-order chi connectivity index (χ1) is 17.8. The smallest absolute Gasteiger partial charge is 1.00 e. The van der Waals surface area contributed by atoms with Crippen LogP contribution in [0.4, 0.5) is 0 Å². The van der Waals surface area contributed by atoms with Gasteiger partial charge in [0.15, 0.2) is 0 Å². The fourth-order valence-electron chi connectivity index (χ4n) is 7.85. The van der Waals surface area contributed by atoms with Gasteiger partial charge in [0, 0.05) is 0 Å².